The molecule has 0 spiro atoms. The van der Waals surface area contributed by atoms with Crippen molar-refractivity contribution in [1.29, 1.82) is 0 Å². The molecule has 0 aromatic heterocycles. The number of fused-ring (bicyclic) bond motifs is 1. The maximum Gasteiger partial charge on any atom is 0.228 e. The largest absolute Gasteiger partial charge is 0.315 e. The summed E-state index contributed by atoms with van der Waals surface area (Å²) in [5.41, 5.74) is 3.55. The van der Waals surface area contributed by atoms with Crippen LogP contribution in [-0.2, 0) is 11.2 Å². The van der Waals surface area contributed by atoms with Crippen molar-refractivity contribution in [3.63, 3.8) is 0 Å². The molecule has 0 saturated carbocycles. The van der Waals surface area contributed by atoms with Crippen molar-refractivity contribution in [2.75, 3.05) is 18.5 Å². The molecule has 0 radical (unpaired) electrons. The third-order valence-electron chi connectivity index (χ3n) is 4.07. The summed E-state index contributed by atoms with van der Waals surface area (Å²) in [4.78, 5) is 13.8. The molecule has 1 N–H and O–H groups in total. The molecule has 1 aliphatic rings. The first-order valence-electron chi connectivity index (χ1n) is 7.38. The van der Waals surface area contributed by atoms with Crippen LogP contribution < -0.4 is 10.2 Å². The molecule has 1 aliphatic heterocycles. The highest BCUT2D eigenvalue weighted by Gasteiger charge is 2.28. The number of nitrogens with zero attached hydrogens (tertiary/aromatic N) is 1. The average Bonchev–Trinajstić information content (AvgIpc) is 2.53. The van der Waals surface area contributed by atoms with Crippen molar-refractivity contribution in [2.45, 2.75) is 18.9 Å². The first-order valence-corrected chi connectivity index (χ1v) is 7.38. The molecule has 1 heterocycles. The SMILES string of the molecule is CN1C(=O)CC(NCCc2ccccc2)c2ccccc21. The molecule has 2 aromatic rings. The molecular formula is C18H20N2O. The van der Waals surface area contributed by atoms with E-state index in [-0.39, 0.29) is 11.9 Å². The Balaban J connectivity index is 1.68. The maximum absolute atomic E-state index is 12.1. The standard InChI is InChI=1S/C18H20N2O/c1-20-17-10-6-5-9-15(17)16(13-18(20)21)19-12-11-14-7-3-2-4-8-14/h2-10,16,19H,11-13H2,1H3. The summed E-state index contributed by atoms with van der Waals surface area (Å²) in [7, 11) is 1.85. The van der Waals surface area contributed by atoms with Gasteiger partial charge in [0, 0.05) is 25.2 Å². The van der Waals surface area contributed by atoms with Gasteiger partial charge in [-0.2, -0.15) is 0 Å². The number of amides is 1. The second-order valence-corrected chi connectivity index (χ2v) is 5.46. The van der Waals surface area contributed by atoms with E-state index in [1.165, 1.54) is 11.1 Å². The first kappa shape index (κ1) is 13.8. The fourth-order valence-electron chi connectivity index (χ4n) is 2.86. The number of benzene rings is 2. The van der Waals surface area contributed by atoms with Gasteiger partial charge in [0.1, 0.15) is 0 Å². The lowest BCUT2D eigenvalue weighted by molar-refractivity contribution is -0.119. The second-order valence-electron chi connectivity index (χ2n) is 5.46. The lowest BCUT2D eigenvalue weighted by Gasteiger charge is -2.32. The van der Waals surface area contributed by atoms with E-state index in [2.05, 4.69) is 35.6 Å². The zero-order valence-electron chi connectivity index (χ0n) is 12.3. The highest BCUT2D eigenvalue weighted by molar-refractivity contribution is 5.96. The zero-order chi connectivity index (χ0) is 14.7. The number of anilines is 1. The van der Waals surface area contributed by atoms with Gasteiger partial charge in [-0.1, -0.05) is 48.5 Å². The van der Waals surface area contributed by atoms with E-state index in [0.717, 1.165) is 18.7 Å². The van der Waals surface area contributed by atoms with Crippen molar-refractivity contribution >= 4 is 11.6 Å². The molecular weight excluding hydrogens is 260 g/mol. The second kappa shape index (κ2) is 6.10. The van der Waals surface area contributed by atoms with Gasteiger partial charge in [0.2, 0.25) is 5.91 Å². The summed E-state index contributed by atoms with van der Waals surface area (Å²) in [6, 6.07) is 18.7. The van der Waals surface area contributed by atoms with Crippen LogP contribution in [0.3, 0.4) is 0 Å². The van der Waals surface area contributed by atoms with Crippen LogP contribution in [0.1, 0.15) is 23.6 Å². The Labute approximate surface area is 125 Å². The van der Waals surface area contributed by atoms with E-state index >= 15 is 0 Å². The molecule has 21 heavy (non-hydrogen) atoms. The number of hydrogen-bond acceptors (Lipinski definition) is 2. The molecule has 3 nitrogen and oxygen atoms in total. The van der Waals surface area contributed by atoms with Crippen LogP contribution in [0.2, 0.25) is 0 Å². The molecule has 3 heteroatoms. The Morgan fingerprint density at radius 3 is 2.62 bits per heavy atom. The van der Waals surface area contributed by atoms with Gasteiger partial charge in [0.15, 0.2) is 0 Å². The Bertz CT molecular complexity index is 624. The van der Waals surface area contributed by atoms with Gasteiger partial charge in [0.25, 0.3) is 0 Å². The average molecular weight is 280 g/mol. The lowest BCUT2D eigenvalue weighted by atomic mass is 9.96. The van der Waals surface area contributed by atoms with E-state index in [9.17, 15) is 4.79 Å². The van der Waals surface area contributed by atoms with E-state index in [1.54, 1.807) is 4.90 Å². The minimum Gasteiger partial charge on any atom is -0.315 e. The van der Waals surface area contributed by atoms with Crippen LogP contribution in [0.25, 0.3) is 0 Å². The van der Waals surface area contributed by atoms with Gasteiger partial charge < -0.3 is 10.2 Å². The summed E-state index contributed by atoms with van der Waals surface area (Å²) < 4.78 is 0. The van der Waals surface area contributed by atoms with E-state index < -0.39 is 0 Å². The molecule has 1 atom stereocenters. The van der Waals surface area contributed by atoms with Crippen molar-refractivity contribution in [2.24, 2.45) is 0 Å². The molecule has 0 fully saturated rings. The molecule has 0 bridgehead atoms. The van der Waals surface area contributed by atoms with E-state index in [4.69, 9.17) is 0 Å². The van der Waals surface area contributed by atoms with Gasteiger partial charge >= 0.3 is 0 Å². The molecule has 1 amide bonds. The monoisotopic (exact) mass is 280 g/mol. The minimum atomic E-state index is 0.119. The Morgan fingerprint density at radius 1 is 1.10 bits per heavy atom. The van der Waals surface area contributed by atoms with Crippen molar-refractivity contribution in [3.8, 4) is 0 Å². The van der Waals surface area contributed by atoms with Gasteiger partial charge in [-0.15, -0.1) is 0 Å². The first-order chi connectivity index (χ1) is 10.3. The molecule has 0 aliphatic carbocycles. The zero-order valence-corrected chi connectivity index (χ0v) is 12.3. The number of carbonyl (C=O) groups is 1. The highest BCUT2D eigenvalue weighted by atomic mass is 16.2. The number of rotatable bonds is 4. The lowest BCUT2D eigenvalue weighted by Crippen LogP contribution is -2.38. The summed E-state index contributed by atoms with van der Waals surface area (Å²) in [5, 5.41) is 3.53. The number of carbonyl (C=O) groups excluding carboxylic acids is 1. The fraction of sp³-hybridized carbons (Fsp3) is 0.278. The highest BCUT2D eigenvalue weighted by Crippen LogP contribution is 2.33. The van der Waals surface area contributed by atoms with Crippen LogP contribution in [0.4, 0.5) is 5.69 Å². The van der Waals surface area contributed by atoms with E-state index in [1.807, 2.05) is 31.3 Å². The Morgan fingerprint density at radius 2 is 1.81 bits per heavy atom. The van der Waals surface area contributed by atoms with Crippen LogP contribution in [-0.4, -0.2) is 19.5 Å². The van der Waals surface area contributed by atoms with E-state index in [0.29, 0.717) is 6.42 Å². The smallest absolute Gasteiger partial charge is 0.228 e. The normalized spacial score (nSPS) is 17.7. The summed E-state index contributed by atoms with van der Waals surface area (Å²) in [6.45, 7) is 0.875. The Hall–Kier alpha value is -2.13. The fourth-order valence-corrected chi connectivity index (χ4v) is 2.86. The number of hydrogen-bond donors (Lipinski definition) is 1. The van der Waals surface area contributed by atoms with Crippen molar-refractivity contribution in [1.82, 2.24) is 5.32 Å². The van der Waals surface area contributed by atoms with Crippen LogP contribution in [0.15, 0.2) is 54.6 Å². The molecule has 3 rings (SSSR count). The van der Waals surface area contributed by atoms with Gasteiger partial charge in [0.05, 0.1) is 0 Å². The van der Waals surface area contributed by atoms with Crippen molar-refractivity contribution in [3.05, 3.63) is 65.7 Å². The Kier molecular flexibility index (Phi) is 4.02. The topological polar surface area (TPSA) is 32.3 Å². The summed E-state index contributed by atoms with van der Waals surface area (Å²) in [6.07, 6.45) is 1.51. The number of nitrogens with one attached hydrogen (secondary N) is 1. The van der Waals surface area contributed by atoms with Crippen LogP contribution in [0.5, 0.6) is 0 Å². The van der Waals surface area contributed by atoms with Gasteiger partial charge in [-0.3, -0.25) is 4.79 Å². The minimum absolute atomic E-state index is 0.119. The predicted octanol–water partition coefficient (Wildman–Crippen LogP) is 2.93. The quantitative estimate of drug-likeness (QED) is 0.934. The molecule has 108 valence electrons. The molecule has 1 unspecified atom stereocenters. The molecule has 2 aromatic carbocycles. The third-order valence-corrected chi connectivity index (χ3v) is 4.07. The number of para-hydroxylation sites is 1. The van der Waals surface area contributed by atoms with Crippen LogP contribution in [0, 0.1) is 0 Å². The van der Waals surface area contributed by atoms with Crippen molar-refractivity contribution < 1.29 is 4.79 Å². The van der Waals surface area contributed by atoms with Gasteiger partial charge in [-0.25, -0.2) is 0 Å². The summed E-state index contributed by atoms with van der Waals surface area (Å²) in [5.74, 6) is 0.172. The molecule has 0 saturated heterocycles. The van der Waals surface area contributed by atoms with Gasteiger partial charge in [-0.05, 0) is 30.2 Å². The third kappa shape index (κ3) is 2.98. The van der Waals surface area contributed by atoms with Crippen LogP contribution >= 0.6 is 0 Å². The summed E-state index contributed by atoms with van der Waals surface area (Å²) >= 11 is 0. The predicted molar refractivity (Wildman–Crippen MR) is 85.4 cm³/mol. The maximum atomic E-state index is 12.1.